The predicted molar refractivity (Wildman–Crippen MR) is 104 cm³/mol. The Balaban J connectivity index is 1.64. The lowest BCUT2D eigenvalue weighted by Gasteiger charge is -2.36. The van der Waals surface area contributed by atoms with Gasteiger partial charge in [0.25, 0.3) is 0 Å². The fourth-order valence-electron chi connectivity index (χ4n) is 3.95. The van der Waals surface area contributed by atoms with Crippen molar-refractivity contribution in [2.75, 3.05) is 13.1 Å². The molecule has 2 N–H and O–H groups in total. The summed E-state index contributed by atoms with van der Waals surface area (Å²) < 4.78 is 1.89. The number of hydrogen-bond donors (Lipinski definition) is 2. The number of para-hydroxylation sites is 2. The van der Waals surface area contributed by atoms with Crippen molar-refractivity contribution in [2.45, 2.75) is 64.6 Å². The number of fused-ring (bicyclic) bond motifs is 1. The molecule has 1 aliphatic rings. The molecule has 26 heavy (non-hydrogen) atoms. The van der Waals surface area contributed by atoms with E-state index in [4.69, 9.17) is 0 Å². The first-order valence-corrected chi connectivity index (χ1v) is 9.78. The van der Waals surface area contributed by atoms with Crippen LogP contribution in [-0.2, 0) is 4.79 Å². The van der Waals surface area contributed by atoms with Crippen LogP contribution in [0.15, 0.2) is 29.1 Å². The van der Waals surface area contributed by atoms with Crippen LogP contribution in [0.1, 0.15) is 52.5 Å². The van der Waals surface area contributed by atoms with Gasteiger partial charge in [-0.1, -0.05) is 26.0 Å². The lowest BCUT2D eigenvalue weighted by atomic mass is 10.0. The minimum absolute atomic E-state index is 0.0378. The number of carbonyl (C=O) groups is 1. The van der Waals surface area contributed by atoms with Gasteiger partial charge in [-0.25, -0.2) is 4.79 Å². The molecule has 1 unspecified atom stereocenters. The van der Waals surface area contributed by atoms with E-state index in [2.05, 4.69) is 29.0 Å². The van der Waals surface area contributed by atoms with E-state index >= 15 is 0 Å². The number of benzene rings is 1. The van der Waals surface area contributed by atoms with Gasteiger partial charge in [-0.2, -0.15) is 0 Å². The highest BCUT2D eigenvalue weighted by Gasteiger charge is 2.29. The number of imidazole rings is 1. The van der Waals surface area contributed by atoms with Crippen LogP contribution in [0.2, 0.25) is 0 Å². The van der Waals surface area contributed by atoms with Crippen LogP contribution in [-0.4, -0.2) is 45.5 Å². The van der Waals surface area contributed by atoms with E-state index in [-0.39, 0.29) is 29.7 Å². The summed E-state index contributed by atoms with van der Waals surface area (Å²) in [7, 11) is 0. The maximum atomic E-state index is 12.5. The SMILES string of the molecule is CCC(CC)NC(=O)C(C)N1CCC(n2c(=O)[nH]c3ccccc32)CC1. The molecule has 1 aromatic heterocycles. The second-order valence-electron chi connectivity index (χ2n) is 7.28. The average Bonchev–Trinajstić information content (AvgIpc) is 3.01. The second kappa shape index (κ2) is 8.08. The van der Waals surface area contributed by atoms with E-state index in [9.17, 15) is 9.59 Å². The molecule has 0 saturated carbocycles. The first kappa shape index (κ1) is 18.7. The number of nitrogens with zero attached hydrogens (tertiary/aromatic N) is 2. The third-order valence-electron chi connectivity index (χ3n) is 5.75. The van der Waals surface area contributed by atoms with E-state index in [0.717, 1.165) is 49.8 Å². The van der Waals surface area contributed by atoms with Crippen molar-refractivity contribution >= 4 is 16.9 Å². The molecule has 1 amide bonds. The number of piperidine rings is 1. The molecule has 142 valence electrons. The first-order valence-electron chi connectivity index (χ1n) is 9.78. The molecule has 1 aromatic carbocycles. The number of aromatic nitrogens is 2. The van der Waals surface area contributed by atoms with Crippen molar-refractivity contribution < 1.29 is 4.79 Å². The molecule has 0 radical (unpaired) electrons. The zero-order chi connectivity index (χ0) is 18.7. The highest BCUT2D eigenvalue weighted by atomic mass is 16.2. The Morgan fingerprint density at radius 2 is 1.88 bits per heavy atom. The number of rotatable bonds is 6. The van der Waals surface area contributed by atoms with Crippen molar-refractivity contribution in [3.8, 4) is 0 Å². The molecule has 2 heterocycles. The number of H-pyrrole nitrogens is 1. The van der Waals surface area contributed by atoms with Gasteiger partial charge in [-0.3, -0.25) is 14.3 Å². The third kappa shape index (κ3) is 3.70. The number of carbonyl (C=O) groups excluding carboxylic acids is 1. The summed E-state index contributed by atoms with van der Waals surface area (Å²) in [6, 6.07) is 8.14. The predicted octanol–water partition coefficient (Wildman–Crippen LogP) is 2.66. The zero-order valence-corrected chi connectivity index (χ0v) is 16.0. The molecule has 0 bridgehead atoms. The Bertz CT molecular complexity index is 797. The lowest BCUT2D eigenvalue weighted by Crippen LogP contribution is -2.50. The Labute approximate surface area is 154 Å². The van der Waals surface area contributed by atoms with Crippen LogP contribution >= 0.6 is 0 Å². The first-order chi connectivity index (χ1) is 12.5. The van der Waals surface area contributed by atoms with Gasteiger partial charge in [0.05, 0.1) is 17.1 Å². The third-order valence-corrected chi connectivity index (χ3v) is 5.75. The summed E-state index contributed by atoms with van der Waals surface area (Å²) in [5.41, 5.74) is 1.82. The molecular formula is C20H30N4O2. The quantitative estimate of drug-likeness (QED) is 0.834. The summed E-state index contributed by atoms with van der Waals surface area (Å²) >= 11 is 0. The van der Waals surface area contributed by atoms with Gasteiger partial charge in [0.2, 0.25) is 5.91 Å². The summed E-state index contributed by atoms with van der Waals surface area (Å²) in [6.07, 6.45) is 3.68. The summed E-state index contributed by atoms with van der Waals surface area (Å²) in [5, 5.41) is 3.14. The monoisotopic (exact) mass is 358 g/mol. The van der Waals surface area contributed by atoms with Gasteiger partial charge in [0, 0.05) is 25.2 Å². The molecule has 1 saturated heterocycles. The van der Waals surface area contributed by atoms with Gasteiger partial charge in [-0.05, 0) is 44.7 Å². The van der Waals surface area contributed by atoms with E-state index in [1.165, 1.54) is 0 Å². The highest BCUT2D eigenvalue weighted by Crippen LogP contribution is 2.25. The molecular weight excluding hydrogens is 328 g/mol. The van der Waals surface area contributed by atoms with E-state index in [0.29, 0.717) is 0 Å². The van der Waals surface area contributed by atoms with Crippen LogP contribution in [0.4, 0.5) is 0 Å². The molecule has 1 aliphatic heterocycles. The Morgan fingerprint density at radius 1 is 1.23 bits per heavy atom. The van der Waals surface area contributed by atoms with Gasteiger partial charge in [0.1, 0.15) is 0 Å². The van der Waals surface area contributed by atoms with Gasteiger partial charge in [-0.15, -0.1) is 0 Å². The largest absolute Gasteiger partial charge is 0.352 e. The molecule has 1 atom stereocenters. The standard InChI is InChI=1S/C20H30N4O2/c1-4-15(5-2)21-19(25)14(3)23-12-10-16(11-13-23)24-18-9-7-6-8-17(18)22-20(24)26/h6-9,14-16H,4-5,10-13H2,1-3H3,(H,21,25)(H,22,26). The van der Waals surface area contributed by atoms with Gasteiger partial charge in [0.15, 0.2) is 0 Å². The summed E-state index contributed by atoms with van der Waals surface area (Å²) in [6.45, 7) is 7.84. The molecule has 3 rings (SSSR count). The minimum Gasteiger partial charge on any atom is -0.352 e. The van der Waals surface area contributed by atoms with Crippen LogP contribution < -0.4 is 11.0 Å². The molecule has 0 aliphatic carbocycles. The number of likely N-dealkylation sites (tertiary alicyclic amines) is 1. The van der Waals surface area contributed by atoms with Crippen molar-refractivity contribution in [3.63, 3.8) is 0 Å². The van der Waals surface area contributed by atoms with E-state index < -0.39 is 0 Å². The smallest absolute Gasteiger partial charge is 0.326 e. The maximum absolute atomic E-state index is 12.5. The summed E-state index contributed by atoms with van der Waals surface area (Å²) in [5.74, 6) is 0.112. The molecule has 2 aromatic rings. The maximum Gasteiger partial charge on any atom is 0.326 e. The molecule has 0 spiro atoms. The Morgan fingerprint density at radius 3 is 2.54 bits per heavy atom. The normalized spacial score (nSPS) is 17.7. The van der Waals surface area contributed by atoms with E-state index in [1.807, 2.05) is 35.8 Å². The highest BCUT2D eigenvalue weighted by molar-refractivity contribution is 5.81. The van der Waals surface area contributed by atoms with Crippen molar-refractivity contribution in [1.29, 1.82) is 0 Å². The minimum atomic E-state index is -0.128. The van der Waals surface area contributed by atoms with Crippen LogP contribution in [0, 0.1) is 0 Å². The molecule has 6 nitrogen and oxygen atoms in total. The van der Waals surface area contributed by atoms with Crippen molar-refractivity contribution in [1.82, 2.24) is 19.8 Å². The van der Waals surface area contributed by atoms with Crippen LogP contribution in [0.5, 0.6) is 0 Å². The molecule has 1 fully saturated rings. The van der Waals surface area contributed by atoms with Crippen LogP contribution in [0.3, 0.4) is 0 Å². The van der Waals surface area contributed by atoms with E-state index in [1.54, 1.807) is 0 Å². The van der Waals surface area contributed by atoms with Gasteiger partial charge < -0.3 is 10.3 Å². The zero-order valence-electron chi connectivity index (χ0n) is 16.0. The number of hydrogen-bond acceptors (Lipinski definition) is 3. The van der Waals surface area contributed by atoms with Crippen LogP contribution in [0.25, 0.3) is 11.0 Å². The molecule has 6 heteroatoms. The average molecular weight is 358 g/mol. The van der Waals surface area contributed by atoms with Crippen molar-refractivity contribution in [3.05, 3.63) is 34.7 Å². The fraction of sp³-hybridized carbons (Fsp3) is 0.600. The summed E-state index contributed by atoms with van der Waals surface area (Å²) in [4.78, 5) is 30.0. The number of aromatic amines is 1. The Kier molecular flexibility index (Phi) is 5.81. The topological polar surface area (TPSA) is 70.1 Å². The van der Waals surface area contributed by atoms with Crippen molar-refractivity contribution in [2.24, 2.45) is 0 Å². The van der Waals surface area contributed by atoms with Gasteiger partial charge >= 0.3 is 5.69 Å². The fourth-order valence-corrected chi connectivity index (χ4v) is 3.95. The Hall–Kier alpha value is -2.08. The second-order valence-corrected chi connectivity index (χ2v) is 7.28. The lowest BCUT2D eigenvalue weighted by molar-refractivity contribution is -0.127. The number of nitrogens with one attached hydrogen (secondary N) is 2. The number of amides is 1.